The Morgan fingerprint density at radius 3 is 2.15 bits per heavy atom. The van der Waals surface area contributed by atoms with Crippen molar-refractivity contribution in [3.63, 3.8) is 0 Å². The van der Waals surface area contributed by atoms with Gasteiger partial charge in [-0.05, 0) is 51.3 Å². The second-order valence-corrected chi connectivity index (χ2v) is 5.38. The Kier molecular flexibility index (Phi) is 2.75. The molecule has 20 heavy (non-hydrogen) atoms. The van der Waals surface area contributed by atoms with Crippen molar-refractivity contribution in [2.75, 3.05) is 0 Å². The predicted octanol–water partition coefficient (Wildman–Crippen LogP) is 4.34. The number of hydrogen-bond acceptors (Lipinski definition) is 3. The number of aryl methyl sites for hydroxylation is 4. The first-order valence-electron chi connectivity index (χ1n) is 6.91. The van der Waals surface area contributed by atoms with Crippen molar-refractivity contribution in [3.05, 3.63) is 44.5 Å². The van der Waals surface area contributed by atoms with Gasteiger partial charge < -0.3 is 8.83 Å². The summed E-state index contributed by atoms with van der Waals surface area (Å²) in [5.41, 5.74) is 5.05. The molecule has 0 fully saturated rings. The van der Waals surface area contributed by atoms with E-state index < -0.39 is 0 Å². The van der Waals surface area contributed by atoms with Gasteiger partial charge in [-0.15, -0.1) is 0 Å². The average Bonchev–Trinajstić information content (AvgIpc) is 2.69. The Morgan fingerprint density at radius 1 is 0.900 bits per heavy atom. The molecule has 0 radical (unpaired) electrons. The zero-order valence-corrected chi connectivity index (χ0v) is 12.5. The number of rotatable bonds is 1. The summed E-state index contributed by atoms with van der Waals surface area (Å²) < 4.78 is 11.3. The Hall–Kier alpha value is -2.03. The van der Waals surface area contributed by atoms with E-state index in [0.717, 1.165) is 44.4 Å². The summed E-state index contributed by atoms with van der Waals surface area (Å²) in [6, 6.07) is 2.08. The summed E-state index contributed by atoms with van der Waals surface area (Å²) in [4.78, 5) is 12.0. The fraction of sp³-hybridized carbons (Fsp3) is 0.353. The zero-order chi connectivity index (χ0) is 14.6. The van der Waals surface area contributed by atoms with Gasteiger partial charge in [0.25, 0.3) is 0 Å². The minimum absolute atomic E-state index is 0.236. The lowest BCUT2D eigenvalue weighted by Gasteiger charge is -2.08. The average molecular weight is 270 g/mol. The van der Waals surface area contributed by atoms with Crippen molar-refractivity contribution in [1.29, 1.82) is 0 Å². The number of benzene rings is 1. The molecule has 0 aliphatic rings. The van der Waals surface area contributed by atoms with Gasteiger partial charge in [0.15, 0.2) is 0 Å². The molecular formula is C17H18O3. The molecule has 0 bridgehead atoms. The highest BCUT2D eigenvalue weighted by Crippen LogP contribution is 2.34. The van der Waals surface area contributed by atoms with Crippen LogP contribution in [0.2, 0.25) is 0 Å². The van der Waals surface area contributed by atoms with Crippen LogP contribution in [0.3, 0.4) is 0 Å². The zero-order valence-electron chi connectivity index (χ0n) is 12.5. The standard InChI is InChI=1S/C17H18O3/c1-6-12-9(3)14-7-13-8(2)11(5)19-15(13)10(4)16(14)20-17(12)18/h7H,6H2,1-5H3. The van der Waals surface area contributed by atoms with Crippen LogP contribution in [0.25, 0.3) is 21.9 Å². The minimum Gasteiger partial charge on any atom is -0.461 e. The third kappa shape index (κ3) is 1.56. The number of furan rings is 1. The summed E-state index contributed by atoms with van der Waals surface area (Å²) in [6.45, 7) is 9.93. The number of fused-ring (bicyclic) bond motifs is 2. The molecular weight excluding hydrogens is 252 g/mol. The van der Waals surface area contributed by atoms with Crippen molar-refractivity contribution >= 4 is 21.9 Å². The highest BCUT2D eigenvalue weighted by Gasteiger charge is 2.17. The quantitative estimate of drug-likeness (QED) is 0.618. The molecule has 0 aliphatic carbocycles. The van der Waals surface area contributed by atoms with Crippen LogP contribution in [0.5, 0.6) is 0 Å². The summed E-state index contributed by atoms with van der Waals surface area (Å²) in [5, 5.41) is 2.11. The molecule has 3 nitrogen and oxygen atoms in total. The van der Waals surface area contributed by atoms with E-state index in [0.29, 0.717) is 12.0 Å². The second-order valence-electron chi connectivity index (χ2n) is 5.38. The molecule has 0 aliphatic heterocycles. The lowest BCUT2D eigenvalue weighted by molar-refractivity contribution is 0.543. The van der Waals surface area contributed by atoms with Gasteiger partial charge in [0.1, 0.15) is 16.9 Å². The molecule has 104 valence electrons. The number of hydrogen-bond donors (Lipinski definition) is 0. The largest absolute Gasteiger partial charge is 0.461 e. The molecule has 0 saturated carbocycles. The molecule has 0 unspecified atom stereocenters. The van der Waals surface area contributed by atoms with Crippen molar-refractivity contribution in [2.45, 2.75) is 41.0 Å². The third-order valence-corrected chi connectivity index (χ3v) is 4.30. The van der Waals surface area contributed by atoms with Crippen molar-refractivity contribution in [3.8, 4) is 0 Å². The van der Waals surface area contributed by atoms with E-state index >= 15 is 0 Å². The Bertz CT molecular complexity index is 894. The van der Waals surface area contributed by atoms with Gasteiger partial charge in [0, 0.05) is 21.9 Å². The molecule has 3 heteroatoms. The Balaban J connectivity index is 2.60. The van der Waals surface area contributed by atoms with Crippen LogP contribution in [0, 0.1) is 27.7 Å². The molecule has 0 amide bonds. The first-order valence-corrected chi connectivity index (χ1v) is 6.91. The van der Waals surface area contributed by atoms with E-state index in [1.54, 1.807) is 0 Å². The van der Waals surface area contributed by atoms with E-state index in [1.807, 2.05) is 27.7 Å². The molecule has 0 atom stereocenters. The highest BCUT2D eigenvalue weighted by molar-refractivity contribution is 6.00. The predicted molar refractivity (Wildman–Crippen MR) is 80.6 cm³/mol. The van der Waals surface area contributed by atoms with Crippen LogP contribution in [0.1, 0.15) is 34.9 Å². The SMILES string of the molecule is CCc1c(C)c2cc3c(C)c(C)oc3c(C)c2oc1=O. The molecule has 2 heterocycles. The Morgan fingerprint density at radius 2 is 1.50 bits per heavy atom. The molecule has 2 aromatic heterocycles. The van der Waals surface area contributed by atoms with E-state index in [9.17, 15) is 4.79 Å². The smallest absolute Gasteiger partial charge is 0.339 e. The summed E-state index contributed by atoms with van der Waals surface area (Å²) in [7, 11) is 0. The second kappa shape index (κ2) is 4.23. The maximum absolute atomic E-state index is 12.0. The van der Waals surface area contributed by atoms with Crippen molar-refractivity contribution in [2.24, 2.45) is 0 Å². The van der Waals surface area contributed by atoms with Gasteiger partial charge in [-0.3, -0.25) is 0 Å². The van der Waals surface area contributed by atoms with E-state index in [4.69, 9.17) is 8.83 Å². The van der Waals surface area contributed by atoms with Crippen LogP contribution < -0.4 is 5.63 Å². The van der Waals surface area contributed by atoms with E-state index in [1.165, 1.54) is 0 Å². The van der Waals surface area contributed by atoms with Crippen molar-refractivity contribution in [1.82, 2.24) is 0 Å². The van der Waals surface area contributed by atoms with Gasteiger partial charge in [0.2, 0.25) is 0 Å². The van der Waals surface area contributed by atoms with Gasteiger partial charge in [-0.1, -0.05) is 6.92 Å². The van der Waals surface area contributed by atoms with Crippen LogP contribution >= 0.6 is 0 Å². The summed E-state index contributed by atoms with van der Waals surface area (Å²) >= 11 is 0. The lowest BCUT2D eigenvalue weighted by Crippen LogP contribution is -2.09. The Labute approximate surface area is 117 Å². The van der Waals surface area contributed by atoms with Crippen LogP contribution in [0.4, 0.5) is 0 Å². The van der Waals surface area contributed by atoms with Gasteiger partial charge >= 0.3 is 5.63 Å². The van der Waals surface area contributed by atoms with Crippen LogP contribution in [-0.4, -0.2) is 0 Å². The van der Waals surface area contributed by atoms with Crippen molar-refractivity contribution < 1.29 is 8.83 Å². The fourth-order valence-electron chi connectivity index (χ4n) is 2.90. The normalized spacial score (nSPS) is 11.7. The third-order valence-electron chi connectivity index (χ3n) is 4.30. The molecule has 3 rings (SSSR count). The van der Waals surface area contributed by atoms with Gasteiger partial charge in [0.05, 0.1) is 0 Å². The van der Waals surface area contributed by atoms with Crippen LogP contribution in [0.15, 0.2) is 19.7 Å². The van der Waals surface area contributed by atoms with Gasteiger partial charge in [-0.25, -0.2) is 4.79 Å². The van der Waals surface area contributed by atoms with E-state index in [2.05, 4.69) is 13.0 Å². The monoisotopic (exact) mass is 270 g/mol. The van der Waals surface area contributed by atoms with Gasteiger partial charge in [-0.2, -0.15) is 0 Å². The minimum atomic E-state index is -0.236. The maximum Gasteiger partial charge on any atom is 0.339 e. The molecule has 0 N–H and O–H groups in total. The molecule has 0 spiro atoms. The van der Waals surface area contributed by atoms with E-state index in [-0.39, 0.29) is 5.63 Å². The first-order chi connectivity index (χ1) is 9.45. The maximum atomic E-state index is 12.0. The molecule has 0 saturated heterocycles. The lowest BCUT2D eigenvalue weighted by atomic mass is 9.99. The first kappa shape index (κ1) is 13.0. The molecule has 1 aromatic carbocycles. The molecule has 3 aromatic rings. The summed E-state index contributed by atoms with van der Waals surface area (Å²) in [5.74, 6) is 0.911. The topological polar surface area (TPSA) is 43.4 Å². The summed E-state index contributed by atoms with van der Waals surface area (Å²) in [6.07, 6.45) is 0.685. The fourth-order valence-corrected chi connectivity index (χ4v) is 2.90. The van der Waals surface area contributed by atoms with Crippen LogP contribution in [-0.2, 0) is 6.42 Å². The highest BCUT2D eigenvalue weighted by atomic mass is 16.4.